The smallest absolute Gasteiger partial charge is 0.391 e. The largest absolute Gasteiger partial charge is 0.497 e. The van der Waals surface area contributed by atoms with E-state index in [9.17, 15) is 13.2 Å². The number of hydrogen-bond acceptors (Lipinski definition) is 2. The molecule has 6 heteroatoms. The minimum atomic E-state index is -4.17. The number of benzene rings is 1. The van der Waals surface area contributed by atoms with Gasteiger partial charge in [0.1, 0.15) is 5.75 Å². The second kappa shape index (κ2) is 6.26. The quantitative estimate of drug-likeness (QED) is 0.767. The van der Waals surface area contributed by atoms with Crippen LogP contribution in [0, 0.1) is 0 Å². The summed E-state index contributed by atoms with van der Waals surface area (Å²) in [7, 11) is 1.53. The molecule has 2 nitrogen and oxygen atoms in total. The van der Waals surface area contributed by atoms with E-state index in [0.29, 0.717) is 5.75 Å². The third-order valence-electron chi connectivity index (χ3n) is 2.04. The molecule has 0 bridgehead atoms. The summed E-state index contributed by atoms with van der Waals surface area (Å²) in [6, 6.07) is 5.24. The summed E-state index contributed by atoms with van der Waals surface area (Å²) in [5.41, 5.74) is 0.756. The van der Waals surface area contributed by atoms with Gasteiger partial charge < -0.3 is 9.47 Å². The van der Waals surface area contributed by atoms with E-state index in [1.54, 1.807) is 18.2 Å². The van der Waals surface area contributed by atoms with E-state index in [4.69, 9.17) is 9.47 Å². The van der Waals surface area contributed by atoms with E-state index in [0.717, 1.165) is 10.0 Å². The molecule has 1 aromatic carbocycles. The fourth-order valence-corrected chi connectivity index (χ4v) is 1.52. The second-order valence-electron chi connectivity index (χ2n) is 3.38. The van der Waals surface area contributed by atoms with Crippen molar-refractivity contribution in [2.75, 3.05) is 13.7 Å². The zero-order chi connectivity index (χ0) is 12.9. The molecule has 0 atom stereocenters. The monoisotopic (exact) mass is 312 g/mol. The van der Waals surface area contributed by atoms with Crippen LogP contribution >= 0.6 is 15.9 Å². The van der Waals surface area contributed by atoms with Gasteiger partial charge in [0.05, 0.1) is 26.7 Å². The molecule has 0 saturated heterocycles. The van der Waals surface area contributed by atoms with E-state index < -0.39 is 12.6 Å². The van der Waals surface area contributed by atoms with Crippen molar-refractivity contribution in [1.29, 1.82) is 0 Å². The highest BCUT2D eigenvalue weighted by Crippen LogP contribution is 2.24. The Morgan fingerprint density at radius 2 is 2.00 bits per heavy atom. The van der Waals surface area contributed by atoms with Crippen LogP contribution in [0.1, 0.15) is 12.0 Å². The summed E-state index contributed by atoms with van der Waals surface area (Å²) in [5, 5.41) is 0. The highest BCUT2D eigenvalue weighted by molar-refractivity contribution is 9.10. The standard InChI is InChI=1S/C11H12BrF3O2/c1-16-9-2-3-10(12)8(6-9)7-17-5-4-11(13,14)15/h2-3,6H,4-5,7H2,1H3. The molecule has 17 heavy (non-hydrogen) atoms. The lowest BCUT2D eigenvalue weighted by atomic mass is 10.2. The molecule has 0 aliphatic carbocycles. The van der Waals surface area contributed by atoms with E-state index in [1.807, 2.05) is 0 Å². The van der Waals surface area contributed by atoms with Crippen LogP contribution in [0.3, 0.4) is 0 Å². The lowest BCUT2D eigenvalue weighted by Crippen LogP contribution is -2.11. The van der Waals surface area contributed by atoms with E-state index in [2.05, 4.69) is 15.9 Å². The first kappa shape index (κ1) is 14.3. The van der Waals surface area contributed by atoms with Crippen LogP contribution in [0.5, 0.6) is 5.75 Å². The Labute approximate surface area is 106 Å². The van der Waals surface area contributed by atoms with Crippen molar-refractivity contribution in [1.82, 2.24) is 0 Å². The molecule has 0 aromatic heterocycles. The Morgan fingerprint density at radius 3 is 2.59 bits per heavy atom. The van der Waals surface area contributed by atoms with Gasteiger partial charge in [-0.15, -0.1) is 0 Å². The highest BCUT2D eigenvalue weighted by Gasteiger charge is 2.26. The molecular weight excluding hydrogens is 301 g/mol. The zero-order valence-electron chi connectivity index (χ0n) is 9.18. The summed E-state index contributed by atoms with van der Waals surface area (Å²) in [6.45, 7) is -0.221. The summed E-state index contributed by atoms with van der Waals surface area (Å²) in [4.78, 5) is 0. The summed E-state index contributed by atoms with van der Waals surface area (Å²) in [6.07, 6.45) is -5.11. The average molecular weight is 313 g/mol. The molecule has 0 aliphatic heterocycles. The van der Waals surface area contributed by atoms with Crippen molar-refractivity contribution < 1.29 is 22.6 Å². The molecule has 0 amide bonds. The maximum absolute atomic E-state index is 11.9. The van der Waals surface area contributed by atoms with Crippen LogP contribution in [0.25, 0.3) is 0 Å². The molecule has 0 saturated carbocycles. The van der Waals surface area contributed by atoms with Crippen molar-refractivity contribution in [3.63, 3.8) is 0 Å². The topological polar surface area (TPSA) is 18.5 Å². The predicted molar refractivity (Wildman–Crippen MR) is 61.0 cm³/mol. The first-order chi connectivity index (χ1) is 7.92. The molecule has 0 aliphatic rings. The summed E-state index contributed by atoms with van der Waals surface area (Å²) >= 11 is 3.29. The Kier molecular flexibility index (Phi) is 5.27. The normalized spacial score (nSPS) is 11.6. The minimum absolute atomic E-state index is 0.119. The molecule has 0 unspecified atom stereocenters. The number of hydrogen-bond donors (Lipinski definition) is 0. The minimum Gasteiger partial charge on any atom is -0.497 e. The number of methoxy groups -OCH3 is 1. The molecule has 96 valence electrons. The lowest BCUT2D eigenvalue weighted by Gasteiger charge is -2.09. The number of rotatable bonds is 5. The Balaban J connectivity index is 2.46. The van der Waals surface area contributed by atoms with Crippen molar-refractivity contribution in [3.8, 4) is 5.75 Å². The van der Waals surface area contributed by atoms with E-state index in [1.165, 1.54) is 7.11 Å². The first-order valence-corrected chi connectivity index (χ1v) is 5.68. The van der Waals surface area contributed by atoms with Crippen molar-refractivity contribution in [2.45, 2.75) is 19.2 Å². The molecule has 0 radical (unpaired) electrons. The third kappa shape index (κ3) is 5.41. The second-order valence-corrected chi connectivity index (χ2v) is 4.23. The van der Waals surface area contributed by atoms with Crippen LogP contribution in [0.15, 0.2) is 22.7 Å². The molecule has 0 fully saturated rings. The van der Waals surface area contributed by atoms with Crippen LogP contribution < -0.4 is 4.74 Å². The number of halogens is 4. The molecule has 0 N–H and O–H groups in total. The predicted octanol–water partition coefficient (Wildman–Crippen LogP) is 3.93. The number of ether oxygens (including phenoxy) is 2. The molecular formula is C11H12BrF3O2. The van der Waals surface area contributed by atoms with Gasteiger partial charge in [-0.05, 0) is 23.8 Å². The van der Waals surface area contributed by atoms with Crippen molar-refractivity contribution in [3.05, 3.63) is 28.2 Å². The highest BCUT2D eigenvalue weighted by atomic mass is 79.9. The van der Waals surface area contributed by atoms with Gasteiger partial charge in [-0.1, -0.05) is 15.9 Å². The van der Waals surface area contributed by atoms with Gasteiger partial charge in [0, 0.05) is 4.47 Å². The van der Waals surface area contributed by atoms with Crippen LogP contribution in [0.4, 0.5) is 13.2 Å². The SMILES string of the molecule is COc1ccc(Br)c(COCCC(F)(F)F)c1. The van der Waals surface area contributed by atoms with Gasteiger partial charge in [-0.25, -0.2) is 0 Å². The van der Waals surface area contributed by atoms with Gasteiger partial charge >= 0.3 is 6.18 Å². The average Bonchev–Trinajstić information content (AvgIpc) is 2.25. The van der Waals surface area contributed by atoms with Crippen LogP contribution in [-0.2, 0) is 11.3 Å². The Hall–Kier alpha value is -0.750. The Bertz CT molecular complexity index is 366. The lowest BCUT2D eigenvalue weighted by molar-refractivity contribution is -0.146. The zero-order valence-corrected chi connectivity index (χ0v) is 10.8. The summed E-state index contributed by atoms with van der Waals surface area (Å²) in [5.74, 6) is 0.641. The third-order valence-corrected chi connectivity index (χ3v) is 2.81. The van der Waals surface area contributed by atoms with Gasteiger partial charge in [0.2, 0.25) is 0 Å². The molecule has 1 aromatic rings. The van der Waals surface area contributed by atoms with E-state index >= 15 is 0 Å². The molecule has 0 heterocycles. The Morgan fingerprint density at radius 1 is 1.29 bits per heavy atom. The molecule has 0 spiro atoms. The number of alkyl halides is 3. The van der Waals surface area contributed by atoms with E-state index in [-0.39, 0.29) is 13.2 Å². The van der Waals surface area contributed by atoms with Gasteiger partial charge in [0.25, 0.3) is 0 Å². The van der Waals surface area contributed by atoms with Gasteiger partial charge in [-0.3, -0.25) is 0 Å². The molecule has 1 rings (SSSR count). The van der Waals surface area contributed by atoms with Gasteiger partial charge in [0.15, 0.2) is 0 Å². The van der Waals surface area contributed by atoms with Crippen LogP contribution in [-0.4, -0.2) is 19.9 Å². The maximum Gasteiger partial charge on any atom is 0.391 e. The van der Waals surface area contributed by atoms with Gasteiger partial charge in [-0.2, -0.15) is 13.2 Å². The maximum atomic E-state index is 11.9. The fourth-order valence-electron chi connectivity index (χ4n) is 1.16. The van der Waals surface area contributed by atoms with Crippen LogP contribution in [0.2, 0.25) is 0 Å². The fraction of sp³-hybridized carbons (Fsp3) is 0.455. The van der Waals surface area contributed by atoms with Crippen molar-refractivity contribution >= 4 is 15.9 Å². The van der Waals surface area contributed by atoms with Crippen molar-refractivity contribution in [2.24, 2.45) is 0 Å². The summed E-state index contributed by atoms with van der Waals surface area (Å²) < 4.78 is 46.4. The first-order valence-electron chi connectivity index (χ1n) is 4.89.